The third kappa shape index (κ3) is 1.74. The van der Waals surface area contributed by atoms with Gasteiger partial charge >= 0.3 is 0 Å². The molecule has 6 nitrogen and oxygen atoms in total. The van der Waals surface area contributed by atoms with Gasteiger partial charge in [0.1, 0.15) is 0 Å². The number of nitro benzene ring substituents is 1. The van der Waals surface area contributed by atoms with Crippen LogP contribution in [0.2, 0.25) is 0 Å². The van der Waals surface area contributed by atoms with Gasteiger partial charge in [-0.25, -0.2) is 4.90 Å². The minimum Gasteiger partial charge on any atom is -0.274 e. The van der Waals surface area contributed by atoms with E-state index in [1.165, 1.54) is 17.0 Å². The van der Waals surface area contributed by atoms with Crippen LogP contribution in [0.5, 0.6) is 0 Å². The molecular weight excluding hydrogens is 320 g/mol. The first-order valence-electron chi connectivity index (χ1n) is 8.30. The van der Waals surface area contributed by atoms with Crippen molar-refractivity contribution in [3.8, 4) is 0 Å². The molecule has 0 N–H and O–H groups in total. The highest BCUT2D eigenvalue weighted by Gasteiger charge is 2.59. The minimum absolute atomic E-state index is 0.0274. The Morgan fingerprint density at radius 1 is 0.920 bits per heavy atom. The van der Waals surface area contributed by atoms with Gasteiger partial charge in [0.05, 0.1) is 27.8 Å². The van der Waals surface area contributed by atoms with Gasteiger partial charge in [0.2, 0.25) is 11.8 Å². The third-order valence-corrected chi connectivity index (χ3v) is 5.79. The molecule has 1 heterocycles. The van der Waals surface area contributed by atoms with Crippen LogP contribution in [0.4, 0.5) is 11.4 Å². The number of nitro groups is 1. The molecule has 6 heteroatoms. The molecule has 2 aromatic rings. The maximum Gasteiger partial charge on any atom is 0.277 e. The first-order chi connectivity index (χ1) is 12.1. The fourth-order valence-corrected chi connectivity index (χ4v) is 4.76. The van der Waals surface area contributed by atoms with Crippen molar-refractivity contribution in [2.75, 3.05) is 4.90 Å². The lowest BCUT2D eigenvalue weighted by atomic mass is 9.85. The van der Waals surface area contributed by atoms with Gasteiger partial charge in [0.15, 0.2) is 0 Å². The van der Waals surface area contributed by atoms with E-state index in [9.17, 15) is 19.7 Å². The second-order valence-electron chi connectivity index (χ2n) is 6.92. The number of carbonyl (C=O) groups is 2. The van der Waals surface area contributed by atoms with Gasteiger partial charge in [-0.2, -0.15) is 0 Å². The van der Waals surface area contributed by atoms with E-state index in [-0.39, 0.29) is 41.2 Å². The quantitative estimate of drug-likeness (QED) is 0.366. The highest BCUT2D eigenvalue weighted by Crippen LogP contribution is 2.53. The van der Waals surface area contributed by atoms with Crippen LogP contribution in [0, 0.1) is 33.8 Å². The maximum absolute atomic E-state index is 13.0. The van der Waals surface area contributed by atoms with Crippen LogP contribution in [0.25, 0.3) is 10.8 Å². The Hall–Kier alpha value is -3.02. The summed E-state index contributed by atoms with van der Waals surface area (Å²) >= 11 is 0. The summed E-state index contributed by atoms with van der Waals surface area (Å²) in [4.78, 5) is 38.1. The summed E-state index contributed by atoms with van der Waals surface area (Å²) in [6.07, 6.45) is 4.98. The number of non-ortho nitro benzene ring substituents is 1. The van der Waals surface area contributed by atoms with Crippen LogP contribution in [0.15, 0.2) is 48.6 Å². The average Bonchev–Trinajstić information content (AvgIpc) is 3.28. The Morgan fingerprint density at radius 2 is 1.52 bits per heavy atom. The molecule has 0 radical (unpaired) electrons. The standard InChI is InChI=1S/C19H14N2O4/c22-18-16-10-5-6-11(9-10)17(16)19(23)20(18)14-7-8-15(21(24)25)13-4-2-1-3-12(13)14/h1-8,10-11,16-17H,9H2/t10-,11+,16-,17-/m0/s1. The zero-order valence-corrected chi connectivity index (χ0v) is 13.2. The Labute approximate surface area is 142 Å². The van der Waals surface area contributed by atoms with Crippen LogP contribution < -0.4 is 4.90 Å². The predicted molar refractivity (Wildman–Crippen MR) is 90.8 cm³/mol. The summed E-state index contributed by atoms with van der Waals surface area (Å²) in [5.74, 6) is -0.633. The summed E-state index contributed by atoms with van der Waals surface area (Å²) in [5.41, 5.74) is 0.422. The molecular formula is C19H14N2O4. The number of benzene rings is 2. The Morgan fingerprint density at radius 3 is 2.12 bits per heavy atom. The summed E-state index contributed by atoms with van der Waals surface area (Å²) in [6, 6.07) is 9.73. The molecule has 25 heavy (non-hydrogen) atoms. The number of anilines is 1. The topological polar surface area (TPSA) is 80.5 Å². The van der Waals surface area contributed by atoms with E-state index in [1.807, 2.05) is 0 Å². The van der Waals surface area contributed by atoms with Gasteiger partial charge in [-0.3, -0.25) is 19.7 Å². The fraction of sp³-hybridized carbons (Fsp3) is 0.263. The van der Waals surface area contributed by atoms with Crippen molar-refractivity contribution < 1.29 is 14.5 Å². The molecule has 1 saturated heterocycles. The number of nitrogens with zero attached hydrogens (tertiary/aromatic N) is 2. The number of rotatable bonds is 2. The second kappa shape index (κ2) is 4.75. The summed E-state index contributed by atoms with van der Waals surface area (Å²) < 4.78 is 0. The zero-order valence-electron chi connectivity index (χ0n) is 13.2. The third-order valence-electron chi connectivity index (χ3n) is 5.79. The normalized spacial score (nSPS) is 29.7. The molecule has 1 aliphatic heterocycles. The average molecular weight is 334 g/mol. The molecule has 2 aromatic carbocycles. The van der Waals surface area contributed by atoms with Crippen molar-refractivity contribution in [3.63, 3.8) is 0 Å². The van der Waals surface area contributed by atoms with Crippen LogP contribution in [0.1, 0.15) is 6.42 Å². The van der Waals surface area contributed by atoms with Gasteiger partial charge in [-0.05, 0) is 30.4 Å². The Bertz CT molecular complexity index is 966. The van der Waals surface area contributed by atoms with Gasteiger partial charge in [0.25, 0.3) is 5.69 Å². The molecule has 5 rings (SSSR count). The van der Waals surface area contributed by atoms with Crippen molar-refractivity contribution >= 4 is 34.0 Å². The number of hydrogen-bond acceptors (Lipinski definition) is 4. The first-order valence-corrected chi connectivity index (χ1v) is 8.30. The van der Waals surface area contributed by atoms with E-state index in [2.05, 4.69) is 12.2 Å². The first kappa shape index (κ1) is 14.3. The van der Waals surface area contributed by atoms with Gasteiger partial charge in [-0.1, -0.05) is 30.4 Å². The molecule has 2 amide bonds. The predicted octanol–water partition coefficient (Wildman–Crippen LogP) is 3.06. The molecule has 4 atom stereocenters. The van der Waals surface area contributed by atoms with Crippen LogP contribution in [-0.4, -0.2) is 16.7 Å². The van der Waals surface area contributed by atoms with Crippen LogP contribution in [-0.2, 0) is 9.59 Å². The van der Waals surface area contributed by atoms with Crippen molar-refractivity contribution in [1.82, 2.24) is 0 Å². The highest BCUT2D eigenvalue weighted by molar-refractivity contribution is 6.26. The fourth-order valence-electron chi connectivity index (χ4n) is 4.76. The summed E-state index contributed by atoms with van der Waals surface area (Å²) in [6.45, 7) is 0. The number of imide groups is 1. The Kier molecular flexibility index (Phi) is 2.72. The van der Waals surface area contributed by atoms with Crippen molar-refractivity contribution in [1.29, 1.82) is 0 Å². The van der Waals surface area contributed by atoms with Crippen molar-refractivity contribution in [3.05, 3.63) is 58.7 Å². The second-order valence-corrected chi connectivity index (χ2v) is 6.92. The molecule has 0 spiro atoms. The van der Waals surface area contributed by atoms with Gasteiger partial charge in [0, 0.05) is 11.5 Å². The van der Waals surface area contributed by atoms with Crippen molar-refractivity contribution in [2.45, 2.75) is 6.42 Å². The SMILES string of the molecule is O=C1[C@@H]2[C@@H](C(=O)N1c1ccc([N+](=O)[O-])c3ccccc13)[C@H]1C=C[C@@H]2C1. The molecule has 2 fully saturated rings. The molecule has 2 aliphatic carbocycles. The van der Waals surface area contributed by atoms with E-state index in [1.54, 1.807) is 24.3 Å². The highest BCUT2D eigenvalue weighted by atomic mass is 16.6. The number of carbonyl (C=O) groups excluding carboxylic acids is 2. The number of fused-ring (bicyclic) bond motifs is 6. The van der Waals surface area contributed by atoms with E-state index >= 15 is 0 Å². The molecule has 124 valence electrons. The van der Waals surface area contributed by atoms with Crippen LogP contribution in [0.3, 0.4) is 0 Å². The molecule has 1 saturated carbocycles. The van der Waals surface area contributed by atoms with E-state index < -0.39 is 4.92 Å². The Balaban J connectivity index is 1.68. The number of allylic oxidation sites excluding steroid dienone is 2. The van der Waals surface area contributed by atoms with Gasteiger partial charge < -0.3 is 0 Å². The smallest absolute Gasteiger partial charge is 0.274 e. The zero-order chi connectivity index (χ0) is 17.3. The van der Waals surface area contributed by atoms with Gasteiger partial charge in [-0.15, -0.1) is 0 Å². The van der Waals surface area contributed by atoms with Crippen molar-refractivity contribution in [2.24, 2.45) is 23.7 Å². The van der Waals surface area contributed by atoms with E-state index in [0.29, 0.717) is 16.5 Å². The van der Waals surface area contributed by atoms with Crippen LogP contribution >= 0.6 is 0 Å². The molecule has 2 bridgehead atoms. The molecule has 3 aliphatic rings. The molecule has 0 unspecified atom stereocenters. The maximum atomic E-state index is 13.0. The lowest BCUT2D eigenvalue weighted by Crippen LogP contribution is -2.33. The number of hydrogen-bond donors (Lipinski definition) is 0. The monoisotopic (exact) mass is 334 g/mol. The van der Waals surface area contributed by atoms with E-state index in [4.69, 9.17) is 0 Å². The molecule has 0 aromatic heterocycles. The van der Waals surface area contributed by atoms with E-state index in [0.717, 1.165) is 6.42 Å². The number of amides is 2. The summed E-state index contributed by atoms with van der Waals surface area (Å²) in [7, 11) is 0. The largest absolute Gasteiger partial charge is 0.277 e. The minimum atomic E-state index is -0.446. The lowest BCUT2D eigenvalue weighted by Gasteiger charge is -2.19. The summed E-state index contributed by atoms with van der Waals surface area (Å²) in [5, 5.41) is 12.3. The lowest BCUT2D eigenvalue weighted by molar-refractivity contribution is -0.383.